The molecule has 2 rings (SSSR count). The number of rotatable bonds is 0. The minimum atomic E-state index is 0.180. The van der Waals surface area contributed by atoms with Crippen molar-refractivity contribution in [2.24, 2.45) is 5.92 Å². The number of fused-ring (bicyclic) bond motifs is 1. The molecule has 1 atom stereocenters. The maximum atomic E-state index is 10.7. The van der Waals surface area contributed by atoms with E-state index in [0.717, 1.165) is 6.42 Å². The van der Waals surface area contributed by atoms with Crippen molar-refractivity contribution in [3.8, 4) is 0 Å². The molecule has 0 bridgehead atoms. The molecule has 1 saturated heterocycles. The van der Waals surface area contributed by atoms with Crippen LogP contribution < -0.4 is 5.32 Å². The van der Waals surface area contributed by atoms with Crippen LogP contribution in [0.2, 0.25) is 0 Å². The lowest BCUT2D eigenvalue weighted by Crippen LogP contribution is -2.17. The van der Waals surface area contributed by atoms with E-state index in [4.69, 9.17) is 0 Å². The summed E-state index contributed by atoms with van der Waals surface area (Å²) >= 11 is 0. The van der Waals surface area contributed by atoms with Gasteiger partial charge in [-0.1, -0.05) is 12.2 Å². The van der Waals surface area contributed by atoms with E-state index in [0.29, 0.717) is 12.3 Å². The fourth-order valence-electron chi connectivity index (χ4n) is 1.39. The average Bonchev–Trinajstić information content (AvgIpc) is 2.22. The first-order valence-corrected chi connectivity index (χ1v) is 3.18. The average molecular weight is 122 g/mol. The van der Waals surface area contributed by atoms with E-state index in [1.807, 2.05) is 0 Å². The molecule has 1 aliphatic heterocycles. The topological polar surface area (TPSA) is 29.1 Å². The van der Waals surface area contributed by atoms with E-state index < -0.39 is 0 Å². The molecule has 1 heterocycles. The molecule has 0 aromatic rings. The first kappa shape index (κ1) is 5.03. The van der Waals surface area contributed by atoms with Gasteiger partial charge in [-0.2, -0.15) is 0 Å². The number of hydrogen-bond acceptors (Lipinski definition) is 1. The minimum absolute atomic E-state index is 0.180. The van der Waals surface area contributed by atoms with Crippen molar-refractivity contribution < 1.29 is 4.79 Å². The van der Waals surface area contributed by atoms with Crippen LogP contribution in [0.4, 0.5) is 0 Å². The number of nitrogens with one attached hydrogen (secondary N) is 1. The van der Waals surface area contributed by atoms with Gasteiger partial charge in [-0.15, -0.1) is 0 Å². The molecule has 0 aromatic heterocycles. The standard InChI is InChI=1S/C7H8NO/c9-7-4-5-2-1-3-6(5)8-7/h1-2,5H,3-4H2,(H,8,9). The van der Waals surface area contributed by atoms with Crippen LogP contribution in [-0.2, 0) is 4.79 Å². The van der Waals surface area contributed by atoms with E-state index in [1.165, 1.54) is 6.04 Å². The number of amides is 1. The summed E-state index contributed by atoms with van der Waals surface area (Å²) in [6.45, 7) is 0. The molecule has 0 saturated carbocycles. The van der Waals surface area contributed by atoms with E-state index in [1.54, 1.807) is 0 Å². The lowest BCUT2D eigenvalue weighted by atomic mass is 10.1. The Kier molecular flexibility index (Phi) is 0.891. The predicted octanol–water partition coefficient (Wildman–Crippen LogP) is 0.614. The van der Waals surface area contributed by atoms with Crippen molar-refractivity contribution in [1.82, 2.24) is 5.32 Å². The van der Waals surface area contributed by atoms with Gasteiger partial charge in [0.05, 0.1) is 6.04 Å². The first-order chi connectivity index (χ1) is 4.36. The SMILES string of the molecule is O=C1CC2C=CC[C]2N1. The third-order valence-electron chi connectivity index (χ3n) is 1.86. The van der Waals surface area contributed by atoms with Gasteiger partial charge in [-0.3, -0.25) is 4.79 Å². The smallest absolute Gasteiger partial charge is 0.221 e. The highest BCUT2D eigenvalue weighted by molar-refractivity contribution is 5.81. The minimum Gasteiger partial charge on any atom is -0.347 e. The van der Waals surface area contributed by atoms with Gasteiger partial charge in [0.25, 0.3) is 0 Å². The van der Waals surface area contributed by atoms with Crippen molar-refractivity contribution in [2.75, 3.05) is 0 Å². The Balaban J connectivity index is 2.17. The molecule has 1 aliphatic carbocycles. The third-order valence-corrected chi connectivity index (χ3v) is 1.86. The summed E-state index contributed by atoms with van der Waals surface area (Å²) in [5, 5.41) is 2.83. The van der Waals surface area contributed by atoms with Crippen LogP contribution in [-0.4, -0.2) is 5.91 Å². The van der Waals surface area contributed by atoms with Crippen LogP contribution in [0.15, 0.2) is 12.2 Å². The molecule has 0 aromatic carbocycles. The Morgan fingerprint density at radius 3 is 3.33 bits per heavy atom. The Bertz CT molecular complexity index is 174. The van der Waals surface area contributed by atoms with E-state index in [-0.39, 0.29) is 5.91 Å². The monoisotopic (exact) mass is 122 g/mol. The molecule has 9 heavy (non-hydrogen) atoms. The molecule has 2 heteroatoms. The Labute approximate surface area is 53.9 Å². The third kappa shape index (κ3) is 0.661. The second-order valence-corrected chi connectivity index (χ2v) is 2.52. The lowest BCUT2D eigenvalue weighted by molar-refractivity contribution is -0.119. The Morgan fingerprint density at radius 2 is 2.56 bits per heavy atom. The van der Waals surface area contributed by atoms with Crippen LogP contribution in [0.5, 0.6) is 0 Å². The van der Waals surface area contributed by atoms with Crippen molar-refractivity contribution in [1.29, 1.82) is 0 Å². The molecular formula is C7H8NO. The first-order valence-electron chi connectivity index (χ1n) is 3.18. The maximum absolute atomic E-state index is 10.7. The zero-order valence-electron chi connectivity index (χ0n) is 5.05. The quantitative estimate of drug-likeness (QED) is 0.469. The fraction of sp³-hybridized carbons (Fsp3) is 0.429. The summed E-state index contributed by atoms with van der Waals surface area (Å²) in [5.74, 6) is 0.608. The zero-order chi connectivity index (χ0) is 6.27. The zero-order valence-corrected chi connectivity index (χ0v) is 5.05. The number of hydrogen-bond donors (Lipinski definition) is 1. The number of carbonyl (C=O) groups excluding carboxylic acids is 1. The van der Waals surface area contributed by atoms with Crippen molar-refractivity contribution in [3.05, 3.63) is 18.2 Å². The van der Waals surface area contributed by atoms with Crippen LogP contribution in [0.3, 0.4) is 0 Å². The van der Waals surface area contributed by atoms with Crippen molar-refractivity contribution >= 4 is 5.91 Å². The fourth-order valence-corrected chi connectivity index (χ4v) is 1.39. The molecule has 1 unspecified atom stereocenters. The molecule has 0 spiro atoms. The highest BCUT2D eigenvalue weighted by Crippen LogP contribution is 2.31. The van der Waals surface area contributed by atoms with Gasteiger partial charge in [0, 0.05) is 12.3 Å². The van der Waals surface area contributed by atoms with Crippen molar-refractivity contribution in [3.63, 3.8) is 0 Å². The summed E-state index contributed by atoms with van der Waals surface area (Å²) in [5.41, 5.74) is 0. The second kappa shape index (κ2) is 1.59. The van der Waals surface area contributed by atoms with Gasteiger partial charge in [0.1, 0.15) is 0 Å². The van der Waals surface area contributed by atoms with Gasteiger partial charge in [0.15, 0.2) is 0 Å². The largest absolute Gasteiger partial charge is 0.347 e. The molecule has 47 valence electrons. The van der Waals surface area contributed by atoms with Gasteiger partial charge in [-0.05, 0) is 6.42 Å². The van der Waals surface area contributed by atoms with Crippen molar-refractivity contribution in [2.45, 2.75) is 12.8 Å². The van der Waals surface area contributed by atoms with Gasteiger partial charge < -0.3 is 5.32 Å². The summed E-state index contributed by atoms with van der Waals surface area (Å²) < 4.78 is 0. The van der Waals surface area contributed by atoms with Crippen LogP contribution in [0.25, 0.3) is 0 Å². The molecule has 1 amide bonds. The van der Waals surface area contributed by atoms with E-state index >= 15 is 0 Å². The normalized spacial score (nSPS) is 32.9. The highest BCUT2D eigenvalue weighted by atomic mass is 16.2. The van der Waals surface area contributed by atoms with Gasteiger partial charge >= 0.3 is 0 Å². The summed E-state index contributed by atoms with van der Waals surface area (Å²) in [6, 6.07) is 1.19. The number of carbonyl (C=O) groups is 1. The summed E-state index contributed by atoms with van der Waals surface area (Å²) in [6.07, 6.45) is 5.84. The Hall–Kier alpha value is -0.790. The maximum Gasteiger partial charge on any atom is 0.221 e. The molecule has 1 radical (unpaired) electrons. The summed E-state index contributed by atoms with van der Waals surface area (Å²) in [4.78, 5) is 10.7. The van der Waals surface area contributed by atoms with Crippen LogP contribution in [0, 0.1) is 12.0 Å². The predicted molar refractivity (Wildman–Crippen MR) is 33.2 cm³/mol. The van der Waals surface area contributed by atoms with Crippen LogP contribution in [0.1, 0.15) is 12.8 Å². The van der Waals surface area contributed by atoms with Crippen LogP contribution >= 0.6 is 0 Å². The molecule has 1 fully saturated rings. The van der Waals surface area contributed by atoms with E-state index in [2.05, 4.69) is 17.5 Å². The van der Waals surface area contributed by atoms with Gasteiger partial charge in [0.2, 0.25) is 5.91 Å². The molecule has 1 N–H and O–H groups in total. The molecule has 2 aliphatic rings. The summed E-state index contributed by atoms with van der Waals surface area (Å²) in [7, 11) is 0. The van der Waals surface area contributed by atoms with Gasteiger partial charge in [-0.25, -0.2) is 0 Å². The molecular weight excluding hydrogens is 114 g/mol. The lowest BCUT2D eigenvalue weighted by Gasteiger charge is -2.03. The Morgan fingerprint density at radius 1 is 1.67 bits per heavy atom. The second-order valence-electron chi connectivity index (χ2n) is 2.52. The van der Waals surface area contributed by atoms with E-state index in [9.17, 15) is 4.79 Å². The highest BCUT2D eigenvalue weighted by Gasteiger charge is 2.33. The molecule has 2 nitrogen and oxygen atoms in total.